The average molecular weight is 311 g/mol. The summed E-state index contributed by atoms with van der Waals surface area (Å²) in [5.74, 6) is -0.246. The second-order valence-corrected chi connectivity index (χ2v) is 5.57. The summed E-state index contributed by atoms with van der Waals surface area (Å²) in [6.07, 6.45) is 3.47. The molecule has 0 aliphatic rings. The number of carbonyl (C=O) groups is 1. The fourth-order valence-corrected chi connectivity index (χ4v) is 3.08. The monoisotopic (exact) mass is 311 g/mol. The first-order chi connectivity index (χ1) is 10.2. The molecule has 1 heterocycles. The van der Waals surface area contributed by atoms with Gasteiger partial charge < -0.3 is 14.4 Å². The first-order valence-electron chi connectivity index (χ1n) is 7.03. The van der Waals surface area contributed by atoms with Crippen LogP contribution in [0.15, 0.2) is 11.4 Å². The molecule has 6 nitrogen and oxygen atoms in total. The number of nitrogens with zero attached hydrogens (tertiary/aromatic N) is 3. The highest BCUT2D eigenvalue weighted by molar-refractivity contribution is 8.00. The van der Waals surface area contributed by atoms with Gasteiger partial charge in [-0.3, -0.25) is 4.79 Å². The van der Waals surface area contributed by atoms with Gasteiger partial charge in [0.25, 0.3) is 0 Å². The van der Waals surface area contributed by atoms with Crippen molar-refractivity contribution >= 4 is 17.7 Å². The van der Waals surface area contributed by atoms with Gasteiger partial charge in [0.05, 0.1) is 37.6 Å². The molecule has 0 radical (unpaired) electrons. The maximum atomic E-state index is 12.0. The summed E-state index contributed by atoms with van der Waals surface area (Å²) >= 11 is 1.33. The summed E-state index contributed by atoms with van der Waals surface area (Å²) < 4.78 is 6.87. The minimum absolute atomic E-state index is 0.142. The highest BCUT2D eigenvalue weighted by Gasteiger charge is 2.23. The van der Waals surface area contributed by atoms with Gasteiger partial charge in [0.15, 0.2) is 5.16 Å². The number of imidazole rings is 1. The maximum absolute atomic E-state index is 12.0. The SMILES string of the molecule is CCC[C@H](Sc1ncc(CO)n1CCC#N)C(=O)OCC. The molecule has 0 aromatic carbocycles. The minimum atomic E-state index is -0.315. The van der Waals surface area contributed by atoms with E-state index in [0.29, 0.717) is 36.8 Å². The molecule has 0 saturated heterocycles. The number of esters is 1. The van der Waals surface area contributed by atoms with Crippen LogP contribution in [0.4, 0.5) is 0 Å². The summed E-state index contributed by atoms with van der Waals surface area (Å²) in [5, 5.41) is 18.4. The lowest BCUT2D eigenvalue weighted by Crippen LogP contribution is -2.21. The molecule has 0 spiro atoms. The van der Waals surface area contributed by atoms with Gasteiger partial charge in [0.2, 0.25) is 0 Å². The Labute approximate surface area is 129 Å². The zero-order valence-electron chi connectivity index (χ0n) is 12.4. The van der Waals surface area contributed by atoms with Gasteiger partial charge >= 0.3 is 5.97 Å². The van der Waals surface area contributed by atoms with Crippen LogP contribution in [0.3, 0.4) is 0 Å². The highest BCUT2D eigenvalue weighted by Crippen LogP contribution is 2.27. The minimum Gasteiger partial charge on any atom is -0.465 e. The quantitative estimate of drug-likeness (QED) is 0.555. The molecule has 21 heavy (non-hydrogen) atoms. The van der Waals surface area contributed by atoms with E-state index in [-0.39, 0.29) is 17.8 Å². The third kappa shape index (κ3) is 5.06. The fraction of sp³-hybridized carbons (Fsp3) is 0.643. The molecule has 116 valence electrons. The van der Waals surface area contributed by atoms with Crippen LogP contribution in [0.2, 0.25) is 0 Å². The molecule has 0 amide bonds. The normalized spacial score (nSPS) is 11.9. The Morgan fingerprint density at radius 2 is 2.38 bits per heavy atom. The first-order valence-corrected chi connectivity index (χ1v) is 7.91. The number of rotatable bonds is 9. The Kier molecular flexibility index (Phi) is 7.87. The van der Waals surface area contributed by atoms with E-state index in [1.165, 1.54) is 11.8 Å². The summed E-state index contributed by atoms with van der Waals surface area (Å²) in [4.78, 5) is 16.2. The van der Waals surface area contributed by atoms with E-state index < -0.39 is 0 Å². The van der Waals surface area contributed by atoms with E-state index in [0.717, 1.165) is 6.42 Å². The van der Waals surface area contributed by atoms with Crippen LogP contribution in [-0.4, -0.2) is 32.5 Å². The average Bonchev–Trinajstić information content (AvgIpc) is 2.86. The van der Waals surface area contributed by atoms with Crippen LogP contribution >= 0.6 is 11.8 Å². The second-order valence-electron chi connectivity index (χ2n) is 4.40. The first kappa shape index (κ1) is 17.5. The molecule has 0 saturated carbocycles. The fourth-order valence-electron chi connectivity index (χ4n) is 1.86. The number of hydrogen-bond acceptors (Lipinski definition) is 6. The third-order valence-electron chi connectivity index (χ3n) is 2.86. The van der Waals surface area contributed by atoms with Crippen LogP contribution in [0, 0.1) is 11.3 Å². The molecule has 1 atom stereocenters. The van der Waals surface area contributed by atoms with Crippen molar-refractivity contribution in [2.75, 3.05) is 6.61 Å². The lowest BCUT2D eigenvalue weighted by atomic mass is 10.2. The van der Waals surface area contributed by atoms with E-state index in [2.05, 4.69) is 11.1 Å². The standard InChI is InChI=1S/C14H21N3O3S/c1-3-6-12(13(19)20-4-2)21-14-16-9-11(10-18)17(14)8-5-7-15/h9,12,18H,3-6,8,10H2,1-2H3/t12-/m0/s1. The lowest BCUT2D eigenvalue weighted by molar-refractivity contribution is -0.142. The number of nitriles is 1. The van der Waals surface area contributed by atoms with Crippen molar-refractivity contribution in [2.45, 2.75) is 56.7 Å². The molecular formula is C14H21N3O3S. The molecule has 0 unspecified atom stereocenters. The summed E-state index contributed by atoms with van der Waals surface area (Å²) in [6.45, 7) is 4.45. The van der Waals surface area contributed by atoms with Crippen molar-refractivity contribution in [1.82, 2.24) is 9.55 Å². The molecule has 0 aliphatic carbocycles. The van der Waals surface area contributed by atoms with E-state index in [1.807, 2.05) is 6.92 Å². The van der Waals surface area contributed by atoms with E-state index in [1.54, 1.807) is 17.7 Å². The topological polar surface area (TPSA) is 88.1 Å². The lowest BCUT2D eigenvalue weighted by Gasteiger charge is -2.15. The number of hydrogen-bond donors (Lipinski definition) is 1. The Morgan fingerprint density at radius 1 is 1.62 bits per heavy atom. The Morgan fingerprint density at radius 3 is 2.95 bits per heavy atom. The highest BCUT2D eigenvalue weighted by atomic mass is 32.2. The Balaban J connectivity index is 2.89. The smallest absolute Gasteiger partial charge is 0.319 e. The molecule has 1 aromatic rings. The molecular weight excluding hydrogens is 290 g/mol. The van der Waals surface area contributed by atoms with Gasteiger partial charge in [0.1, 0.15) is 5.25 Å². The predicted molar refractivity (Wildman–Crippen MR) is 79.6 cm³/mol. The number of carbonyl (C=O) groups excluding carboxylic acids is 1. The molecule has 1 aromatic heterocycles. The summed E-state index contributed by atoms with van der Waals surface area (Å²) in [6, 6.07) is 2.07. The number of aliphatic hydroxyl groups excluding tert-OH is 1. The number of thioether (sulfide) groups is 1. The van der Waals surface area contributed by atoms with Gasteiger partial charge in [-0.15, -0.1) is 0 Å². The molecule has 1 N–H and O–H groups in total. The Hall–Kier alpha value is -1.52. The van der Waals surface area contributed by atoms with Crippen molar-refractivity contribution in [1.29, 1.82) is 5.26 Å². The predicted octanol–water partition coefficient (Wildman–Crippen LogP) is 2.11. The molecule has 7 heteroatoms. The third-order valence-corrected chi connectivity index (χ3v) is 4.11. The molecule has 1 rings (SSSR count). The Bertz CT molecular complexity index is 496. The van der Waals surface area contributed by atoms with Gasteiger partial charge in [-0.25, -0.2) is 4.98 Å². The van der Waals surface area contributed by atoms with E-state index in [9.17, 15) is 9.90 Å². The van der Waals surface area contributed by atoms with Gasteiger partial charge in [-0.1, -0.05) is 25.1 Å². The number of aliphatic hydroxyl groups is 1. The van der Waals surface area contributed by atoms with Crippen LogP contribution in [0.1, 0.15) is 38.8 Å². The number of aromatic nitrogens is 2. The van der Waals surface area contributed by atoms with Gasteiger partial charge in [0, 0.05) is 6.54 Å². The maximum Gasteiger partial charge on any atom is 0.319 e. The van der Waals surface area contributed by atoms with Crippen molar-refractivity contribution in [3.8, 4) is 6.07 Å². The van der Waals surface area contributed by atoms with Gasteiger partial charge in [-0.05, 0) is 13.3 Å². The summed E-state index contributed by atoms with van der Waals surface area (Å²) in [7, 11) is 0. The van der Waals surface area contributed by atoms with Crippen molar-refractivity contribution in [3.63, 3.8) is 0 Å². The largest absolute Gasteiger partial charge is 0.465 e. The van der Waals surface area contributed by atoms with Crippen LogP contribution in [0.5, 0.6) is 0 Å². The molecule has 0 bridgehead atoms. The van der Waals surface area contributed by atoms with Crippen LogP contribution in [-0.2, 0) is 22.7 Å². The van der Waals surface area contributed by atoms with E-state index in [4.69, 9.17) is 10.00 Å². The van der Waals surface area contributed by atoms with Crippen molar-refractivity contribution in [3.05, 3.63) is 11.9 Å². The second kappa shape index (κ2) is 9.42. The van der Waals surface area contributed by atoms with Crippen molar-refractivity contribution < 1.29 is 14.6 Å². The number of ether oxygens (including phenoxy) is 1. The zero-order chi connectivity index (χ0) is 15.7. The molecule has 0 aliphatic heterocycles. The zero-order valence-corrected chi connectivity index (χ0v) is 13.2. The van der Waals surface area contributed by atoms with E-state index >= 15 is 0 Å². The van der Waals surface area contributed by atoms with Crippen LogP contribution < -0.4 is 0 Å². The molecule has 0 fully saturated rings. The summed E-state index contributed by atoms with van der Waals surface area (Å²) in [5.41, 5.74) is 0.645. The van der Waals surface area contributed by atoms with Gasteiger partial charge in [-0.2, -0.15) is 5.26 Å². The van der Waals surface area contributed by atoms with Crippen molar-refractivity contribution in [2.24, 2.45) is 0 Å². The van der Waals surface area contributed by atoms with Crippen LogP contribution in [0.25, 0.3) is 0 Å².